The van der Waals surface area contributed by atoms with Gasteiger partial charge in [0.05, 0.1) is 0 Å². The quantitative estimate of drug-likeness (QED) is 0.927. The second-order valence-corrected chi connectivity index (χ2v) is 5.85. The van der Waals surface area contributed by atoms with E-state index in [0.29, 0.717) is 0 Å². The minimum Gasteiger partial charge on any atom is -0.345 e. The molecular formula is C15H18ClN5O. The Hall–Kier alpha value is -1.92. The third-order valence-electron chi connectivity index (χ3n) is 3.77. The van der Waals surface area contributed by atoms with Crippen molar-refractivity contribution in [2.45, 2.75) is 19.0 Å². The average Bonchev–Trinajstić information content (AvgIpc) is 3.07. The molecule has 1 atom stereocenters. The van der Waals surface area contributed by atoms with Gasteiger partial charge in [0.25, 0.3) is 5.91 Å². The molecule has 2 heterocycles. The standard InChI is InChI=1S/C15H18ClN5O/c1-20-15(16)18-13(19-20)14(22)17-12-7-8-21(10-12)9-11-5-3-2-4-6-11/h2-6,12H,7-10H2,1H3,(H,17,22). The largest absolute Gasteiger partial charge is 0.345 e. The smallest absolute Gasteiger partial charge is 0.291 e. The Kier molecular flexibility index (Phi) is 4.40. The maximum Gasteiger partial charge on any atom is 0.291 e. The molecule has 1 N–H and O–H groups in total. The van der Waals surface area contributed by atoms with Gasteiger partial charge in [-0.2, -0.15) is 4.98 Å². The van der Waals surface area contributed by atoms with Crippen LogP contribution in [0.3, 0.4) is 0 Å². The number of nitrogens with zero attached hydrogens (tertiary/aromatic N) is 4. The van der Waals surface area contributed by atoms with Crippen molar-refractivity contribution in [2.24, 2.45) is 7.05 Å². The summed E-state index contributed by atoms with van der Waals surface area (Å²) in [6, 6.07) is 10.5. The highest BCUT2D eigenvalue weighted by Crippen LogP contribution is 2.14. The Bertz CT molecular complexity index is 638. The number of aryl methyl sites for hydroxylation is 1. The second kappa shape index (κ2) is 6.46. The van der Waals surface area contributed by atoms with Gasteiger partial charge in [0.1, 0.15) is 0 Å². The molecule has 1 amide bonds. The van der Waals surface area contributed by atoms with Gasteiger partial charge in [-0.3, -0.25) is 9.69 Å². The molecule has 7 heteroatoms. The van der Waals surface area contributed by atoms with E-state index in [-0.39, 0.29) is 23.1 Å². The van der Waals surface area contributed by atoms with Gasteiger partial charge in [-0.25, -0.2) is 4.68 Å². The van der Waals surface area contributed by atoms with E-state index in [2.05, 4.69) is 32.4 Å². The van der Waals surface area contributed by atoms with E-state index in [1.165, 1.54) is 10.2 Å². The van der Waals surface area contributed by atoms with Crippen LogP contribution in [-0.2, 0) is 13.6 Å². The molecule has 2 aromatic rings. The summed E-state index contributed by atoms with van der Waals surface area (Å²) in [7, 11) is 1.66. The first-order chi connectivity index (χ1) is 10.6. The van der Waals surface area contributed by atoms with Crippen molar-refractivity contribution in [3.63, 3.8) is 0 Å². The highest BCUT2D eigenvalue weighted by atomic mass is 35.5. The Morgan fingerprint density at radius 2 is 2.18 bits per heavy atom. The molecule has 0 aliphatic carbocycles. The SMILES string of the molecule is Cn1nc(C(=O)NC2CCN(Cc3ccccc3)C2)nc1Cl. The van der Waals surface area contributed by atoms with Crippen LogP contribution in [0.4, 0.5) is 0 Å². The lowest BCUT2D eigenvalue weighted by atomic mass is 10.2. The van der Waals surface area contributed by atoms with Crippen molar-refractivity contribution in [1.29, 1.82) is 0 Å². The molecule has 1 saturated heterocycles. The molecule has 1 aromatic heterocycles. The molecule has 1 aliphatic rings. The lowest BCUT2D eigenvalue weighted by molar-refractivity contribution is 0.0927. The van der Waals surface area contributed by atoms with E-state index in [1.54, 1.807) is 7.05 Å². The maximum atomic E-state index is 12.1. The fourth-order valence-corrected chi connectivity index (χ4v) is 2.77. The highest BCUT2D eigenvalue weighted by molar-refractivity contribution is 6.28. The lowest BCUT2D eigenvalue weighted by Gasteiger charge is -2.16. The van der Waals surface area contributed by atoms with E-state index in [4.69, 9.17) is 11.6 Å². The first-order valence-corrected chi connectivity index (χ1v) is 7.63. The van der Waals surface area contributed by atoms with E-state index < -0.39 is 0 Å². The Labute approximate surface area is 134 Å². The summed E-state index contributed by atoms with van der Waals surface area (Å²) < 4.78 is 1.38. The first kappa shape index (κ1) is 15.0. The number of halogens is 1. The summed E-state index contributed by atoms with van der Waals surface area (Å²) in [5.41, 5.74) is 1.28. The van der Waals surface area contributed by atoms with Crippen molar-refractivity contribution < 1.29 is 4.79 Å². The van der Waals surface area contributed by atoms with Gasteiger partial charge < -0.3 is 5.32 Å². The summed E-state index contributed by atoms with van der Waals surface area (Å²) in [4.78, 5) is 18.4. The van der Waals surface area contributed by atoms with Crippen molar-refractivity contribution in [3.8, 4) is 0 Å². The van der Waals surface area contributed by atoms with Crippen LogP contribution in [0.15, 0.2) is 30.3 Å². The van der Waals surface area contributed by atoms with Gasteiger partial charge in [-0.05, 0) is 23.6 Å². The first-order valence-electron chi connectivity index (χ1n) is 7.25. The number of benzene rings is 1. The summed E-state index contributed by atoms with van der Waals surface area (Å²) in [5.74, 6) is -0.150. The van der Waals surface area contributed by atoms with E-state index in [0.717, 1.165) is 26.1 Å². The maximum absolute atomic E-state index is 12.1. The molecule has 0 bridgehead atoms. The molecule has 1 unspecified atom stereocenters. The van der Waals surface area contributed by atoms with Gasteiger partial charge in [0.15, 0.2) is 0 Å². The number of likely N-dealkylation sites (tertiary alicyclic amines) is 1. The third kappa shape index (κ3) is 3.45. The fourth-order valence-electron chi connectivity index (χ4n) is 2.65. The van der Waals surface area contributed by atoms with Crippen molar-refractivity contribution in [1.82, 2.24) is 25.0 Å². The third-order valence-corrected chi connectivity index (χ3v) is 4.10. The number of carbonyl (C=O) groups is 1. The number of amides is 1. The topological polar surface area (TPSA) is 63.1 Å². The Balaban J connectivity index is 1.53. The van der Waals surface area contributed by atoms with Gasteiger partial charge in [0.2, 0.25) is 11.1 Å². The van der Waals surface area contributed by atoms with Crippen LogP contribution >= 0.6 is 11.6 Å². The number of hydrogen-bond donors (Lipinski definition) is 1. The second-order valence-electron chi connectivity index (χ2n) is 5.51. The molecule has 116 valence electrons. The summed E-state index contributed by atoms with van der Waals surface area (Å²) in [5, 5.41) is 7.17. The van der Waals surface area contributed by atoms with Crippen LogP contribution in [0, 0.1) is 0 Å². The predicted molar refractivity (Wildman–Crippen MR) is 83.6 cm³/mol. The molecule has 0 spiro atoms. The van der Waals surface area contributed by atoms with Crippen molar-refractivity contribution in [2.75, 3.05) is 13.1 Å². The molecule has 0 radical (unpaired) electrons. The minimum atomic E-state index is -0.269. The summed E-state index contributed by atoms with van der Waals surface area (Å²) >= 11 is 5.80. The lowest BCUT2D eigenvalue weighted by Crippen LogP contribution is -2.37. The average molecular weight is 320 g/mol. The molecule has 3 rings (SSSR count). The van der Waals surface area contributed by atoms with Crippen LogP contribution in [-0.4, -0.2) is 44.7 Å². The monoisotopic (exact) mass is 319 g/mol. The van der Waals surface area contributed by atoms with Crippen LogP contribution < -0.4 is 5.32 Å². The molecule has 1 fully saturated rings. The normalized spacial score (nSPS) is 18.5. The Morgan fingerprint density at radius 3 is 2.86 bits per heavy atom. The number of nitrogens with one attached hydrogen (secondary N) is 1. The van der Waals surface area contributed by atoms with Crippen LogP contribution in [0.1, 0.15) is 22.6 Å². The van der Waals surface area contributed by atoms with E-state index >= 15 is 0 Å². The van der Waals surface area contributed by atoms with Gasteiger partial charge >= 0.3 is 0 Å². The molecular weight excluding hydrogens is 302 g/mol. The zero-order valence-corrected chi connectivity index (χ0v) is 13.1. The van der Waals surface area contributed by atoms with Gasteiger partial charge in [0, 0.05) is 32.7 Å². The van der Waals surface area contributed by atoms with Crippen molar-refractivity contribution >= 4 is 17.5 Å². The number of aromatic nitrogens is 3. The highest BCUT2D eigenvalue weighted by Gasteiger charge is 2.25. The zero-order chi connectivity index (χ0) is 15.5. The molecule has 6 nitrogen and oxygen atoms in total. The van der Waals surface area contributed by atoms with E-state index in [1.807, 2.05) is 18.2 Å². The van der Waals surface area contributed by atoms with Crippen LogP contribution in [0.5, 0.6) is 0 Å². The van der Waals surface area contributed by atoms with Gasteiger partial charge in [-0.15, -0.1) is 5.10 Å². The van der Waals surface area contributed by atoms with Gasteiger partial charge in [-0.1, -0.05) is 30.3 Å². The minimum absolute atomic E-state index is 0.119. The predicted octanol–water partition coefficient (Wildman–Crippen LogP) is 1.47. The summed E-state index contributed by atoms with van der Waals surface area (Å²) in [6.45, 7) is 2.71. The van der Waals surface area contributed by atoms with Crippen LogP contribution in [0.25, 0.3) is 0 Å². The number of hydrogen-bond acceptors (Lipinski definition) is 4. The zero-order valence-electron chi connectivity index (χ0n) is 12.4. The molecule has 1 aliphatic heterocycles. The number of carbonyl (C=O) groups excluding carboxylic acids is 1. The van der Waals surface area contributed by atoms with Crippen molar-refractivity contribution in [3.05, 3.63) is 47.0 Å². The fraction of sp³-hybridized carbons (Fsp3) is 0.400. The van der Waals surface area contributed by atoms with Crippen LogP contribution in [0.2, 0.25) is 5.28 Å². The Morgan fingerprint density at radius 1 is 1.41 bits per heavy atom. The van der Waals surface area contributed by atoms with E-state index in [9.17, 15) is 4.79 Å². The molecule has 0 saturated carbocycles. The summed E-state index contributed by atoms with van der Waals surface area (Å²) in [6.07, 6.45) is 0.930. The molecule has 22 heavy (non-hydrogen) atoms. The number of rotatable bonds is 4. The molecule has 1 aromatic carbocycles.